The van der Waals surface area contributed by atoms with Crippen LogP contribution in [0, 0.1) is 7.14 Å². The van der Waals surface area contributed by atoms with E-state index in [1.807, 2.05) is 45.2 Å². The largest absolute Gasteiger partial charge is 0.871 e. The Labute approximate surface area is 187 Å². The Morgan fingerprint density at radius 1 is 1.14 bits per heavy atom. The second-order valence-electron chi connectivity index (χ2n) is 5.62. The molecule has 0 fully saturated rings. The number of carbonyl (C=O) groups excluding carboxylic acids is 2. The summed E-state index contributed by atoms with van der Waals surface area (Å²) < 4.78 is 11.7. The third-order valence-electron chi connectivity index (χ3n) is 3.44. The molecule has 2 aromatic carbocycles. The number of halogens is 2. The van der Waals surface area contributed by atoms with Gasteiger partial charge in [-0.05, 0) is 81.9 Å². The number of carboxylic acids is 1. The van der Waals surface area contributed by atoms with E-state index >= 15 is 0 Å². The van der Waals surface area contributed by atoms with Crippen molar-refractivity contribution in [2.75, 3.05) is 0 Å². The van der Waals surface area contributed by atoms with Gasteiger partial charge in [0.1, 0.15) is 6.61 Å². The molecule has 28 heavy (non-hydrogen) atoms. The predicted octanol–water partition coefficient (Wildman–Crippen LogP) is 3.51. The SMILES string of the molecule is C=C(C)C(=O)Oc1c(I)cc(COC(=O)c2cccc(C(=O)O)c2[O-])cc1I. The fourth-order valence-electron chi connectivity index (χ4n) is 2.07. The number of benzene rings is 2. The highest BCUT2D eigenvalue weighted by Crippen LogP contribution is 2.30. The molecule has 2 rings (SSSR count). The Morgan fingerprint density at radius 2 is 1.71 bits per heavy atom. The van der Waals surface area contributed by atoms with Crippen molar-refractivity contribution in [3.05, 3.63) is 66.3 Å². The summed E-state index contributed by atoms with van der Waals surface area (Å²) in [5, 5.41) is 21.0. The fourth-order valence-corrected chi connectivity index (χ4v) is 4.18. The molecule has 0 amide bonds. The Kier molecular flexibility index (Phi) is 7.41. The van der Waals surface area contributed by atoms with Gasteiger partial charge in [-0.25, -0.2) is 14.4 Å². The highest BCUT2D eigenvalue weighted by Gasteiger charge is 2.16. The predicted molar refractivity (Wildman–Crippen MR) is 114 cm³/mol. The van der Waals surface area contributed by atoms with Gasteiger partial charge >= 0.3 is 17.9 Å². The van der Waals surface area contributed by atoms with Crippen LogP contribution in [-0.2, 0) is 16.1 Å². The van der Waals surface area contributed by atoms with Gasteiger partial charge in [-0.1, -0.05) is 18.4 Å². The lowest BCUT2D eigenvalue weighted by molar-refractivity contribution is -0.269. The van der Waals surface area contributed by atoms with E-state index < -0.39 is 29.2 Å². The standard InChI is InChI=1S/C19H14I2O7/c1-9(2)18(25)28-16-13(20)6-10(7-14(16)21)8-27-19(26)12-5-3-4-11(15(12)22)17(23)24/h3-7,22H,1,8H2,2H3,(H,23,24)/p-1. The van der Waals surface area contributed by atoms with Gasteiger partial charge in [0, 0.05) is 5.57 Å². The number of carbonyl (C=O) groups is 3. The number of esters is 2. The van der Waals surface area contributed by atoms with Crippen LogP contribution >= 0.6 is 45.2 Å². The monoisotopic (exact) mass is 607 g/mol. The van der Waals surface area contributed by atoms with Gasteiger partial charge in [-0.3, -0.25) is 0 Å². The molecule has 0 aliphatic rings. The quantitative estimate of drug-likeness (QED) is 0.232. The average molecular weight is 607 g/mol. The molecule has 0 aliphatic heterocycles. The maximum absolute atomic E-state index is 12.2. The number of hydrogen-bond acceptors (Lipinski definition) is 6. The normalized spacial score (nSPS) is 10.2. The zero-order valence-corrected chi connectivity index (χ0v) is 18.8. The zero-order chi connectivity index (χ0) is 21.0. The van der Waals surface area contributed by atoms with E-state index in [4.69, 9.17) is 14.6 Å². The fraction of sp³-hybridized carbons (Fsp3) is 0.105. The molecule has 0 aromatic heterocycles. The third kappa shape index (κ3) is 5.22. The first-order chi connectivity index (χ1) is 13.1. The molecule has 0 spiro atoms. The molecule has 0 bridgehead atoms. The van der Waals surface area contributed by atoms with Crippen molar-refractivity contribution >= 4 is 63.1 Å². The van der Waals surface area contributed by atoms with Gasteiger partial charge in [-0.15, -0.1) is 0 Å². The molecule has 0 saturated heterocycles. The first kappa shape index (κ1) is 22.1. The topological polar surface area (TPSA) is 113 Å². The highest BCUT2D eigenvalue weighted by molar-refractivity contribution is 14.1. The average Bonchev–Trinajstić information content (AvgIpc) is 2.62. The van der Waals surface area contributed by atoms with Crippen molar-refractivity contribution < 1.29 is 34.1 Å². The van der Waals surface area contributed by atoms with Crippen molar-refractivity contribution in [3.63, 3.8) is 0 Å². The molecule has 1 N–H and O–H groups in total. The maximum Gasteiger partial charge on any atom is 0.338 e. The van der Waals surface area contributed by atoms with Crippen molar-refractivity contribution in [2.45, 2.75) is 13.5 Å². The van der Waals surface area contributed by atoms with Crippen LogP contribution in [0.4, 0.5) is 0 Å². The summed E-state index contributed by atoms with van der Waals surface area (Å²) in [5.41, 5.74) is 0.0271. The van der Waals surface area contributed by atoms with Crippen molar-refractivity contribution in [1.82, 2.24) is 0 Å². The van der Waals surface area contributed by atoms with Gasteiger partial charge in [-0.2, -0.15) is 0 Å². The van der Waals surface area contributed by atoms with Crippen LogP contribution in [0.3, 0.4) is 0 Å². The van der Waals surface area contributed by atoms with Gasteiger partial charge in [0.15, 0.2) is 5.75 Å². The molecule has 0 atom stereocenters. The molecule has 0 aliphatic carbocycles. The van der Waals surface area contributed by atoms with E-state index in [0.29, 0.717) is 18.5 Å². The molecule has 0 saturated carbocycles. The molecule has 7 nitrogen and oxygen atoms in total. The summed E-state index contributed by atoms with van der Waals surface area (Å²) in [5.74, 6) is -3.40. The first-order valence-corrected chi connectivity index (χ1v) is 9.83. The number of para-hydroxylation sites is 1. The van der Waals surface area contributed by atoms with E-state index in [0.717, 1.165) is 6.07 Å². The number of hydrogen-bond donors (Lipinski definition) is 1. The maximum atomic E-state index is 12.2. The Bertz CT molecular complexity index is 959. The second kappa shape index (κ2) is 9.37. The molecule has 0 unspecified atom stereocenters. The number of aromatic carboxylic acids is 1. The lowest BCUT2D eigenvalue weighted by atomic mass is 10.1. The summed E-state index contributed by atoms with van der Waals surface area (Å²) >= 11 is 3.97. The molecule has 146 valence electrons. The van der Waals surface area contributed by atoms with Crippen molar-refractivity contribution in [1.29, 1.82) is 0 Å². The van der Waals surface area contributed by atoms with Gasteiger partial charge < -0.3 is 19.7 Å². The molecular weight excluding hydrogens is 594 g/mol. The lowest BCUT2D eigenvalue weighted by Gasteiger charge is -2.16. The summed E-state index contributed by atoms with van der Waals surface area (Å²) in [6, 6.07) is 6.98. The van der Waals surface area contributed by atoms with E-state index in [1.54, 1.807) is 19.1 Å². The number of carboxylic acid groups (broad SMARTS) is 1. The van der Waals surface area contributed by atoms with Crippen molar-refractivity contribution in [2.24, 2.45) is 0 Å². The molecule has 2 aromatic rings. The van der Waals surface area contributed by atoms with Crippen LogP contribution < -0.4 is 9.84 Å². The van der Waals surface area contributed by atoms with E-state index in [9.17, 15) is 19.5 Å². The Balaban J connectivity index is 2.16. The van der Waals surface area contributed by atoms with Gasteiger partial charge in [0.05, 0.1) is 18.3 Å². The van der Waals surface area contributed by atoms with Crippen LogP contribution in [-0.4, -0.2) is 23.0 Å². The summed E-state index contributed by atoms with van der Waals surface area (Å²) in [6.45, 7) is 4.93. The summed E-state index contributed by atoms with van der Waals surface area (Å²) in [7, 11) is 0. The Morgan fingerprint density at radius 3 is 2.25 bits per heavy atom. The van der Waals surface area contributed by atoms with Gasteiger partial charge in [0.2, 0.25) is 0 Å². The van der Waals surface area contributed by atoms with Crippen LogP contribution in [0.15, 0.2) is 42.5 Å². The molecule has 9 heteroatoms. The minimum absolute atomic E-state index is 0.143. The van der Waals surface area contributed by atoms with Crippen LogP contribution in [0.25, 0.3) is 0 Å². The van der Waals surface area contributed by atoms with Crippen LogP contribution in [0.1, 0.15) is 33.2 Å². The Hall–Kier alpha value is -2.15. The third-order valence-corrected chi connectivity index (χ3v) is 5.04. The summed E-state index contributed by atoms with van der Waals surface area (Å²) in [6.07, 6.45) is 0. The molecule has 0 radical (unpaired) electrons. The molecule has 0 heterocycles. The van der Waals surface area contributed by atoms with Crippen LogP contribution in [0.2, 0.25) is 0 Å². The van der Waals surface area contributed by atoms with Gasteiger partial charge in [0.25, 0.3) is 0 Å². The first-order valence-electron chi connectivity index (χ1n) is 7.67. The molecular formula is C19H13I2O7-. The van der Waals surface area contributed by atoms with Crippen molar-refractivity contribution in [3.8, 4) is 11.5 Å². The summed E-state index contributed by atoms with van der Waals surface area (Å²) in [4.78, 5) is 34.9. The minimum Gasteiger partial charge on any atom is -0.871 e. The lowest BCUT2D eigenvalue weighted by Crippen LogP contribution is -2.13. The van der Waals surface area contributed by atoms with Crippen LogP contribution in [0.5, 0.6) is 11.5 Å². The highest BCUT2D eigenvalue weighted by atomic mass is 127. The second-order valence-corrected chi connectivity index (χ2v) is 7.95. The minimum atomic E-state index is -1.41. The number of ether oxygens (including phenoxy) is 2. The number of rotatable bonds is 6. The zero-order valence-electron chi connectivity index (χ0n) is 14.5. The smallest absolute Gasteiger partial charge is 0.338 e. The van der Waals surface area contributed by atoms with E-state index in [2.05, 4.69) is 6.58 Å². The van der Waals surface area contributed by atoms with E-state index in [1.165, 1.54) is 12.1 Å². The van der Waals surface area contributed by atoms with E-state index in [-0.39, 0.29) is 17.7 Å².